The topological polar surface area (TPSA) is 35.5 Å². The van der Waals surface area contributed by atoms with Gasteiger partial charge < -0.3 is 9.47 Å². The Morgan fingerprint density at radius 1 is 0.950 bits per heavy atom. The summed E-state index contributed by atoms with van der Waals surface area (Å²) < 4.78 is 10.9. The van der Waals surface area contributed by atoms with E-state index in [4.69, 9.17) is 9.47 Å². The zero-order valence-electron chi connectivity index (χ0n) is 13.2. The van der Waals surface area contributed by atoms with Crippen molar-refractivity contribution in [1.82, 2.24) is 0 Å². The standard InChI is InChI=1S/C17H24O3/c1-16(2,3)19-14-10-7-13(8-11-14)9-12-15(18)20-17(4,5)6/h7-12H,1-6H3/b12-9+. The summed E-state index contributed by atoms with van der Waals surface area (Å²) in [6.07, 6.45) is 3.17. The number of carbonyl (C=O) groups is 1. The lowest BCUT2D eigenvalue weighted by atomic mass is 10.1. The molecule has 0 radical (unpaired) electrons. The molecular formula is C17H24O3. The fourth-order valence-electron chi connectivity index (χ4n) is 1.50. The zero-order chi connectivity index (χ0) is 15.4. The molecule has 20 heavy (non-hydrogen) atoms. The van der Waals surface area contributed by atoms with Crippen molar-refractivity contribution in [1.29, 1.82) is 0 Å². The highest BCUT2D eigenvalue weighted by Gasteiger charge is 2.14. The molecule has 0 saturated carbocycles. The normalized spacial score (nSPS) is 12.5. The first-order valence-corrected chi connectivity index (χ1v) is 6.75. The summed E-state index contributed by atoms with van der Waals surface area (Å²) in [7, 11) is 0. The molecule has 0 atom stereocenters. The van der Waals surface area contributed by atoms with Crippen LogP contribution in [0.1, 0.15) is 47.1 Å². The van der Waals surface area contributed by atoms with Crippen LogP contribution in [0.25, 0.3) is 6.08 Å². The van der Waals surface area contributed by atoms with Crippen LogP contribution in [-0.2, 0) is 9.53 Å². The van der Waals surface area contributed by atoms with Gasteiger partial charge in [0.1, 0.15) is 17.0 Å². The molecule has 0 aliphatic carbocycles. The van der Waals surface area contributed by atoms with Gasteiger partial charge in [0.15, 0.2) is 0 Å². The van der Waals surface area contributed by atoms with Crippen molar-refractivity contribution in [2.45, 2.75) is 52.7 Å². The van der Waals surface area contributed by atoms with E-state index >= 15 is 0 Å². The molecule has 3 nitrogen and oxygen atoms in total. The molecule has 3 heteroatoms. The van der Waals surface area contributed by atoms with Gasteiger partial charge in [0.2, 0.25) is 0 Å². The maximum atomic E-state index is 11.6. The Labute approximate surface area is 121 Å². The summed E-state index contributed by atoms with van der Waals surface area (Å²) >= 11 is 0. The SMILES string of the molecule is CC(C)(C)OC(=O)/C=C/c1ccc(OC(C)(C)C)cc1. The summed E-state index contributed by atoms with van der Waals surface area (Å²) in [6.45, 7) is 11.5. The molecule has 0 amide bonds. The first kappa shape index (κ1) is 16.3. The fourth-order valence-corrected chi connectivity index (χ4v) is 1.50. The van der Waals surface area contributed by atoms with Crippen LogP contribution in [0, 0.1) is 0 Å². The second-order valence-corrected chi connectivity index (χ2v) is 6.65. The lowest BCUT2D eigenvalue weighted by Crippen LogP contribution is -2.22. The molecule has 110 valence electrons. The van der Waals surface area contributed by atoms with E-state index in [0.29, 0.717) is 0 Å². The van der Waals surface area contributed by atoms with Crippen molar-refractivity contribution in [3.05, 3.63) is 35.9 Å². The number of rotatable bonds is 3. The highest BCUT2D eigenvalue weighted by Crippen LogP contribution is 2.19. The summed E-state index contributed by atoms with van der Waals surface area (Å²) in [4.78, 5) is 11.6. The Morgan fingerprint density at radius 2 is 1.50 bits per heavy atom. The fraction of sp³-hybridized carbons (Fsp3) is 0.471. The predicted molar refractivity (Wildman–Crippen MR) is 81.7 cm³/mol. The Balaban J connectivity index is 2.64. The van der Waals surface area contributed by atoms with Gasteiger partial charge in [-0.15, -0.1) is 0 Å². The quantitative estimate of drug-likeness (QED) is 0.612. The number of hydrogen-bond acceptors (Lipinski definition) is 3. The van der Waals surface area contributed by atoms with E-state index in [9.17, 15) is 4.79 Å². The van der Waals surface area contributed by atoms with Gasteiger partial charge in [-0.1, -0.05) is 12.1 Å². The van der Waals surface area contributed by atoms with E-state index in [2.05, 4.69) is 0 Å². The van der Waals surface area contributed by atoms with E-state index in [-0.39, 0.29) is 11.6 Å². The zero-order valence-corrected chi connectivity index (χ0v) is 13.2. The minimum atomic E-state index is -0.466. The molecule has 1 aromatic carbocycles. The second kappa shape index (κ2) is 6.12. The highest BCUT2D eigenvalue weighted by atomic mass is 16.6. The molecule has 0 aliphatic heterocycles. The Kier molecular flexibility index (Phi) is 4.98. The lowest BCUT2D eigenvalue weighted by Gasteiger charge is -2.21. The summed E-state index contributed by atoms with van der Waals surface area (Å²) in [5.74, 6) is 0.472. The second-order valence-electron chi connectivity index (χ2n) is 6.65. The first-order chi connectivity index (χ1) is 9.05. The van der Waals surface area contributed by atoms with Gasteiger partial charge in [0.25, 0.3) is 0 Å². The number of benzene rings is 1. The molecule has 0 fully saturated rings. The number of carbonyl (C=O) groups excluding carboxylic acids is 1. The van der Waals surface area contributed by atoms with Crippen molar-refractivity contribution < 1.29 is 14.3 Å². The highest BCUT2D eigenvalue weighted by molar-refractivity contribution is 5.87. The summed E-state index contributed by atoms with van der Waals surface area (Å²) in [5, 5.41) is 0. The van der Waals surface area contributed by atoms with Crippen molar-refractivity contribution in [3.8, 4) is 5.75 Å². The van der Waals surface area contributed by atoms with Crippen LogP contribution in [-0.4, -0.2) is 17.2 Å². The molecule has 1 rings (SSSR count). The molecule has 0 spiro atoms. The van der Waals surface area contributed by atoms with E-state index in [1.807, 2.05) is 65.8 Å². The van der Waals surface area contributed by atoms with Gasteiger partial charge >= 0.3 is 5.97 Å². The average molecular weight is 276 g/mol. The minimum Gasteiger partial charge on any atom is -0.488 e. The minimum absolute atomic E-state index is 0.214. The summed E-state index contributed by atoms with van der Waals surface area (Å²) in [5.41, 5.74) is 0.247. The van der Waals surface area contributed by atoms with E-state index in [1.54, 1.807) is 6.08 Å². The maximum Gasteiger partial charge on any atom is 0.331 e. The smallest absolute Gasteiger partial charge is 0.331 e. The van der Waals surface area contributed by atoms with Gasteiger partial charge in [0, 0.05) is 6.08 Å². The van der Waals surface area contributed by atoms with Crippen molar-refractivity contribution in [2.75, 3.05) is 0 Å². The predicted octanol–water partition coefficient (Wildman–Crippen LogP) is 4.22. The van der Waals surface area contributed by atoms with Crippen LogP contribution < -0.4 is 4.74 Å². The van der Waals surface area contributed by atoms with Gasteiger partial charge in [0.05, 0.1) is 0 Å². The average Bonchev–Trinajstić information content (AvgIpc) is 2.23. The molecule has 0 unspecified atom stereocenters. The van der Waals surface area contributed by atoms with Gasteiger partial charge in [-0.2, -0.15) is 0 Å². The number of ether oxygens (including phenoxy) is 2. The molecule has 0 heterocycles. The molecule has 0 aromatic heterocycles. The Bertz CT molecular complexity index is 470. The maximum absolute atomic E-state index is 11.6. The summed E-state index contributed by atoms with van der Waals surface area (Å²) in [6, 6.07) is 7.59. The van der Waals surface area contributed by atoms with Crippen molar-refractivity contribution in [2.24, 2.45) is 0 Å². The molecule has 0 N–H and O–H groups in total. The van der Waals surface area contributed by atoms with Gasteiger partial charge in [-0.05, 0) is 65.3 Å². The molecule has 0 aliphatic rings. The van der Waals surface area contributed by atoms with Crippen LogP contribution in [0.5, 0.6) is 5.75 Å². The number of hydrogen-bond donors (Lipinski definition) is 0. The van der Waals surface area contributed by atoms with Crippen LogP contribution in [0.3, 0.4) is 0 Å². The van der Waals surface area contributed by atoms with E-state index < -0.39 is 5.60 Å². The Hall–Kier alpha value is -1.77. The van der Waals surface area contributed by atoms with Crippen LogP contribution in [0.2, 0.25) is 0 Å². The molecule has 0 saturated heterocycles. The van der Waals surface area contributed by atoms with Crippen LogP contribution in [0.4, 0.5) is 0 Å². The van der Waals surface area contributed by atoms with Crippen molar-refractivity contribution in [3.63, 3.8) is 0 Å². The molecule has 0 bridgehead atoms. The first-order valence-electron chi connectivity index (χ1n) is 6.75. The molecule has 1 aromatic rings. The van der Waals surface area contributed by atoms with Crippen LogP contribution in [0.15, 0.2) is 30.3 Å². The largest absolute Gasteiger partial charge is 0.488 e. The third-order valence-corrected chi connectivity index (χ3v) is 2.12. The molecular weight excluding hydrogens is 252 g/mol. The lowest BCUT2D eigenvalue weighted by molar-refractivity contribution is -0.148. The Morgan fingerprint density at radius 3 is 1.95 bits per heavy atom. The van der Waals surface area contributed by atoms with Gasteiger partial charge in [-0.25, -0.2) is 4.79 Å². The third kappa shape index (κ3) is 6.98. The number of esters is 1. The van der Waals surface area contributed by atoms with Crippen molar-refractivity contribution >= 4 is 12.0 Å². The van der Waals surface area contributed by atoms with Gasteiger partial charge in [-0.3, -0.25) is 0 Å². The monoisotopic (exact) mass is 276 g/mol. The van der Waals surface area contributed by atoms with E-state index in [0.717, 1.165) is 11.3 Å². The van der Waals surface area contributed by atoms with Crippen LogP contribution >= 0.6 is 0 Å². The third-order valence-electron chi connectivity index (χ3n) is 2.12. The van der Waals surface area contributed by atoms with E-state index in [1.165, 1.54) is 6.08 Å².